The van der Waals surface area contributed by atoms with Crippen molar-refractivity contribution in [2.24, 2.45) is 4.99 Å². The van der Waals surface area contributed by atoms with Crippen LogP contribution in [0.15, 0.2) is 138 Å². The monoisotopic (exact) mass is 542 g/mol. The van der Waals surface area contributed by atoms with Gasteiger partial charge in [-0.2, -0.15) is 5.01 Å². The summed E-state index contributed by atoms with van der Waals surface area (Å²) in [5.74, 6) is 0.963. The van der Waals surface area contributed by atoms with Crippen molar-refractivity contribution in [2.45, 2.75) is 31.6 Å². The van der Waals surface area contributed by atoms with Gasteiger partial charge in [0.25, 0.3) is 0 Å². The Balaban J connectivity index is 1.30. The summed E-state index contributed by atoms with van der Waals surface area (Å²) in [6.07, 6.45) is 0.0365. The van der Waals surface area contributed by atoms with Crippen LogP contribution in [-0.4, -0.2) is 16.0 Å². The molecule has 0 bridgehead atoms. The normalized spacial score (nSPS) is 22.4. The van der Waals surface area contributed by atoms with Gasteiger partial charge in [-0.25, -0.2) is 10.0 Å². The minimum absolute atomic E-state index is 0.0917. The van der Waals surface area contributed by atoms with Gasteiger partial charge in [0.15, 0.2) is 6.17 Å². The van der Waals surface area contributed by atoms with Crippen LogP contribution >= 0.6 is 0 Å². The maximum absolute atomic E-state index is 5.48. The second-order valence-corrected chi connectivity index (χ2v) is 12.0. The molecule has 0 spiro atoms. The van der Waals surface area contributed by atoms with E-state index in [1.165, 1.54) is 50.2 Å². The van der Waals surface area contributed by atoms with Gasteiger partial charge < -0.3 is 0 Å². The number of rotatable bonds is 2. The molecule has 3 atom stereocenters. The van der Waals surface area contributed by atoms with Crippen LogP contribution in [0.1, 0.15) is 59.6 Å². The topological polar surface area (TPSA) is 21.6 Å². The van der Waals surface area contributed by atoms with Crippen LogP contribution in [0.2, 0.25) is 0 Å². The molecule has 1 saturated heterocycles. The fraction of sp³-hybridized carbons (Fsp3) is 0.132. The van der Waals surface area contributed by atoms with E-state index in [2.05, 4.69) is 162 Å². The lowest BCUT2D eigenvalue weighted by Gasteiger charge is -2.30. The Bertz CT molecular complexity index is 1940. The molecule has 42 heavy (non-hydrogen) atoms. The van der Waals surface area contributed by atoms with Gasteiger partial charge in [-0.05, 0) is 45.5 Å². The molecule has 5 aromatic rings. The Morgan fingerprint density at radius 1 is 0.571 bits per heavy atom. The lowest BCUT2D eigenvalue weighted by Crippen LogP contribution is -2.32. The summed E-state index contributed by atoms with van der Waals surface area (Å²) in [5.41, 5.74) is 12.6. The molecule has 0 radical (unpaired) electrons. The quantitative estimate of drug-likeness (QED) is 0.208. The van der Waals surface area contributed by atoms with Crippen molar-refractivity contribution < 1.29 is 0 Å². The largest absolute Gasteiger partial charge is 0.279 e. The highest BCUT2D eigenvalue weighted by Gasteiger charge is 2.59. The first-order valence-corrected chi connectivity index (χ1v) is 14.7. The van der Waals surface area contributed by atoms with E-state index in [-0.39, 0.29) is 17.7 Å². The molecule has 0 aromatic heterocycles. The highest BCUT2D eigenvalue weighted by Crippen LogP contribution is 2.60. The molecule has 1 aliphatic carbocycles. The van der Waals surface area contributed by atoms with Gasteiger partial charge in [0.2, 0.25) is 5.96 Å². The van der Waals surface area contributed by atoms with E-state index < -0.39 is 0 Å². The van der Waals surface area contributed by atoms with Crippen molar-refractivity contribution in [1.29, 1.82) is 0 Å². The summed E-state index contributed by atoms with van der Waals surface area (Å²) in [5, 5.41) is 4.80. The Hall–Kier alpha value is -4.93. The molecule has 4 heteroatoms. The zero-order chi connectivity index (χ0) is 28.0. The molecule has 3 unspecified atom stereocenters. The third-order valence-electron chi connectivity index (χ3n) is 9.34. The second kappa shape index (κ2) is 8.54. The van der Waals surface area contributed by atoms with Crippen LogP contribution in [-0.2, 0) is 5.41 Å². The molecule has 3 heterocycles. The van der Waals surface area contributed by atoms with Crippen molar-refractivity contribution in [3.63, 3.8) is 0 Å². The molecule has 1 fully saturated rings. The van der Waals surface area contributed by atoms with Crippen molar-refractivity contribution >= 4 is 28.5 Å². The molecule has 4 aliphatic rings. The molecule has 3 aliphatic heterocycles. The smallest absolute Gasteiger partial charge is 0.224 e. The van der Waals surface area contributed by atoms with Crippen LogP contribution in [0.25, 0.3) is 11.1 Å². The average Bonchev–Trinajstić information content (AvgIpc) is 3.62. The number of allylic oxidation sites excluding steroid dienone is 1. The van der Waals surface area contributed by atoms with E-state index in [1.54, 1.807) is 0 Å². The standard InChI is InChI=1S/C38H30N4/c1-38(2)30-22-12-9-19-27(30)33-28-20-10-13-23-31(28)40(32-24-14-11-21-29(32)34(33)38)37-39-35(25-15-5-3-6-16-25)41-36(42(37)41)26-17-7-4-8-18-26/h3-24,35-36H,1-2H3. The van der Waals surface area contributed by atoms with Crippen LogP contribution in [0, 0.1) is 0 Å². The molecular formula is C38H30N4. The Morgan fingerprint density at radius 3 is 1.83 bits per heavy atom. The number of hydrogen-bond acceptors (Lipinski definition) is 4. The van der Waals surface area contributed by atoms with E-state index in [4.69, 9.17) is 4.99 Å². The SMILES string of the molecule is CC1(C)C2=C(c3ccccc3N(C3=NC(c4ccccc4)N4C(c5ccccc5)N34)c3ccccc32)c2ccccc21. The molecule has 4 nitrogen and oxygen atoms in total. The minimum Gasteiger partial charge on any atom is -0.279 e. The van der Waals surface area contributed by atoms with E-state index in [1.807, 2.05) is 0 Å². The van der Waals surface area contributed by atoms with E-state index >= 15 is 0 Å². The van der Waals surface area contributed by atoms with Gasteiger partial charge in [0.1, 0.15) is 6.17 Å². The number of aliphatic imine (C=N–C) groups is 1. The molecule has 0 N–H and O–H groups in total. The first kappa shape index (κ1) is 23.7. The average molecular weight is 543 g/mol. The van der Waals surface area contributed by atoms with Gasteiger partial charge in [0.05, 0.1) is 11.4 Å². The zero-order valence-corrected chi connectivity index (χ0v) is 23.6. The number of hydrogen-bond donors (Lipinski definition) is 0. The molecule has 5 aromatic carbocycles. The van der Waals surface area contributed by atoms with Crippen molar-refractivity contribution in [3.05, 3.63) is 167 Å². The maximum atomic E-state index is 5.48. The van der Waals surface area contributed by atoms with Gasteiger partial charge in [-0.3, -0.25) is 4.90 Å². The van der Waals surface area contributed by atoms with Crippen LogP contribution in [0.5, 0.6) is 0 Å². The lowest BCUT2D eigenvalue weighted by molar-refractivity contribution is 0.341. The first-order valence-electron chi connectivity index (χ1n) is 14.7. The summed E-state index contributed by atoms with van der Waals surface area (Å²) >= 11 is 0. The van der Waals surface area contributed by atoms with E-state index in [9.17, 15) is 0 Å². The third kappa shape index (κ3) is 3.13. The van der Waals surface area contributed by atoms with Crippen molar-refractivity contribution in [1.82, 2.24) is 10.0 Å². The summed E-state index contributed by atoms with van der Waals surface area (Å²) in [4.78, 5) is 7.90. The molecule has 0 saturated carbocycles. The Labute approximate surface area is 246 Å². The predicted octanol–water partition coefficient (Wildman–Crippen LogP) is 8.69. The second-order valence-electron chi connectivity index (χ2n) is 12.0. The van der Waals surface area contributed by atoms with Gasteiger partial charge >= 0.3 is 0 Å². The van der Waals surface area contributed by atoms with E-state index in [0.29, 0.717) is 0 Å². The Kier molecular flexibility index (Phi) is 4.83. The van der Waals surface area contributed by atoms with Crippen LogP contribution < -0.4 is 4.90 Å². The predicted molar refractivity (Wildman–Crippen MR) is 170 cm³/mol. The molecule has 9 rings (SSSR count). The fourth-order valence-corrected chi connectivity index (χ4v) is 7.49. The fourth-order valence-electron chi connectivity index (χ4n) is 7.49. The molecule has 202 valence electrons. The van der Waals surface area contributed by atoms with E-state index in [0.717, 1.165) is 11.6 Å². The summed E-state index contributed by atoms with van der Waals surface area (Å²) in [7, 11) is 0. The highest BCUT2D eigenvalue weighted by atomic mass is 15.9. The highest BCUT2D eigenvalue weighted by molar-refractivity contribution is 6.18. The summed E-state index contributed by atoms with van der Waals surface area (Å²) in [6, 6.07) is 48.2. The lowest BCUT2D eigenvalue weighted by atomic mass is 9.77. The number of nitrogens with zero attached hydrogens (tertiary/aromatic N) is 4. The number of fused-ring (bicyclic) bond motifs is 7. The zero-order valence-electron chi connectivity index (χ0n) is 23.6. The van der Waals surface area contributed by atoms with Gasteiger partial charge in [0, 0.05) is 16.5 Å². The van der Waals surface area contributed by atoms with Crippen molar-refractivity contribution in [2.75, 3.05) is 4.90 Å². The first-order chi connectivity index (χ1) is 20.6. The summed E-state index contributed by atoms with van der Waals surface area (Å²) < 4.78 is 0. The van der Waals surface area contributed by atoms with Gasteiger partial charge in [-0.1, -0.05) is 135 Å². The number of anilines is 2. The van der Waals surface area contributed by atoms with Crippen LogP contribution in [0.3, 0.4) is 0 Å². The van der Waals surface area contributed by atoms with Crippen LogP contribution in [0.4, 0.5) is 11.4 Å². The Morgan fingerprint density at radius 2 is 1.12 bits per heavy atom. The number of para-hydroxylation sites is 2. The molecular weight excluding hydrogens is 512 g/mol. The number of benzene rings is 5. The summed E-state index contributed by atoms with van der Waals surface area (Å²) in [6.45, 7) is 4.75. The van der Waals surface area contributed by atoms with Gasteiger partial charge in [-0.15, -0.1) is 0 Å². The minimum atomic E-state index is -0.145. The maximum Gasteiger partial charge on any atom is 0.224 e. The number of guanidine groups is 1. The molecule has 0 amide bonds. The van der Waals surface area contributed by atoms with Crippen molar-refractivity contribution in [3.8, 4) is 0 Å². The number of hydrazine groups is 1. The third-order valence-corrected chi connectivity index (χ3v) is 9.34.